The molecule has 0 bridgehead atoms. The van der Waals surface area contributed by atoms with Crippen molar-refractivity contribution in [3.8, 4) is 0 Å². The summed E-state index contributed by atoms with van der Waals surface area (Å²) >= 11 is 2.72. The lowest BCUT2D eigenvalue weighted by Crippen LogP contribution is -2.26. The number of carbonyl (C=O) groups is 3. The van der Waals surface area contributed by atoms with Gasteiger partial charge in [-0.15, -0.1) is 21.5 Å². The lowest BCUT2D eigenvalue weighted by Gasteiger charge is -2.33. The van der Waals surface area contributed by atoms with E-state index in [0.717, 1.165) is 35.3 Å². The van der Waals surface area contributed by atoms with Crippen molar-refractivity contribution < 1.29 is 23.5 Å². The maximum absolute atomic E-state index is 13.3. The number of nitrogens with zero attached hydrogens (tertiary/aromatic N) is 3. The summed E-state index contributed by atoms with van der Waals surface area (Å²) in [6.45, 7) is 9.38. The number of aromatic nitrogens is 3. The first-order valence-electron chi connectivity index (χ1n) is 14.7. The quantitative estimate of drug-likeness (QED) is 0.152. The van der Waals surface area contributed by atoms with E-state index < -0.39 is 5.97 Å². The van der Waals surface area contributed by atoms with Crippen LogP contribution < -0.4 is 10.6 Å². The van der Waals surface area contributed by atoms with Gasteiger partial charge in [0.1, 0.15) is 5.00 Å². The van der Waals surface area contributed by atoms with E-state index in [4.69, 9.17) is 9.15 Å². The van der Waals surface area contributed by atoms with Gasteiger partial charge >= 0.3 is 5.97 Å². The first-order chi connectivity index (χ1) is 21.1. The van der Waals surface area contributed by atoms with Gasteiger partial charge in [-0.2, -0.15) is 0 Å². The van der Waals surface area contributed by atoms with Crippen LogP contribution in [0.25, 0.3) is 0 Å². The minimum absolute atomic E-state index is 0.0567. The van der Waals surface area contributed by atoms with E-state index in [0.29, 0.717) is 34.0 Å². The highest BCUT2D eigenvalue weighted by Crippen LogP contribution is 2.44. The van der Waals surface area contributed by atoms with Crippen LogP contribution in [-0.2, 0) is 35.5 Å². The van der Waals surface area contributed by atoms with E-state index in [9.17, 15) is 14.4 Å². The summed E-state index contributed by atoms with van der Waals surface area (Å²) in [5, 5.41) is 15.5. The molecule has 1 unspecified atom stereocenters. The molecule has 10 nitrogen and oxygen atoms in total. The van der Waals surface area contributed by atoms with Gasteiger partial charge in [0, 0.05) is 4.88 Å². The molecule has 3 heterocycles. The standard InChI is InChI=1S/C32H37N5O5S2/c1-5-41-30(40)27-22-14-13-21(32(2,3)4)16-24(22)44-29(27)34-26(38)19-43-31-36-35-25(17-33-28(39)23-12-9-15-42-23)37(31)18-20-10-7-6-8-11-20/h6-12,15,21H,5,13-14,16-19H2,1-4H3,(H,33,39)(H,34,38). The van der Waals surface area contributed by atoms with Gasteiger partial charge in [-0.1, -0.05) is 62.9 Å². The third kappa shape index (κ3) is 7.41. The summed E-state index contributed by atoms with van der Waals surface area (Å²) in [7, 11) is 0. The molecule has 0 spiro atoms. The van der Waals surface area contributed by atoms with Crippen LogP contribution >= 0.6 is 23.1 Å². The van der Waals surface area contributed by atoms with Gasteiger partial charge in [0.15, 0.2) is 16.7 Å². The first kappa shape index (κ1) is 31.5. The average molecular weight is 636 g/mol. The molecule has 0 fully saturated rings. The topological polar surface area (TPSA) is 128 Å². The predicted molar refractivity (Wildman–Crippen MR) is 170 cm³/mol. The molecule has 4 aromatic rings. The van der Waals surface area contributed by atoms with Crippen molar-refractivity contribution in [1.29, 1.82) is 0 Å². The summed E-state index contributed by atoms with van der Waals surface area (Å²) in [4.78, 5) is 39.9. The summed E-state index contributed by atoms with van der Waals surface area (Å²) in [6.07, 6.45) is 4.09. The highest BCUT2D eigenvalue weighted by molar-refractivity contribution is 7.99. The number of amides is 2. The van der Waals surface area contributed by atoms with E-state index in [1.807, 2.05) is 34.9 Å². The van der Waals surface area contributed by atoms with Crippen LogP contribution in [0, 0.1) is 11.3 Å². The average Bonchev–Trinajstić information content (AvgIpc) is 3.74. The van der Waals surface area contributed by atoms with E-state index in [2.05, 4.69) is 41.6 Å². The van der Waals surface area contributed by atoms with Crippen LogP contribution in [-0.4, -0.2) is 44.9 Å². The molecule has 1 aliphatic carbocycles. The molecular formula is C32H37N5O5S2. The van der Waals surface area contributed by atoms with E-state index in [-0.39, 0.29) is 41.9 Å². The monoisotopic (exact) mass is 635 g/mol. The Balaban J connectivity index is 1.31. The van der Waals surface area contributed by atoms with Crippen molar-refractivity contribution in [2.24, 2.45) is 11.3 Å². The molecule has 0 saturated carbocycles. The summed E-state index contributed by atoms with van der Waals surface area (Å²) in [5.41, 5.74) is 2.66. The van der Waals surface area contributed by atoms with Gasteiger partial charge in [0.25, 0.3) is 5.91 Å². The summed E-state index contributed by atoms with van der Waals surface area (Å²) < 4.78 is 12.5. The maximum atomic E-state index is 13.3. The third-order valence-electron chi connectivity index (χ3n) is 7.68. The smallest absolute Gasteiger partial charge is 0.341 e. The fraction of sp³-hybridized carbons (Fsp3) is 0.406. The number of carbonyl (C=O) groups excluding carboxylic acids is 3. The van der Waals surface area contributed by atoms with E-state index >= 15 is 0 Å². The molecule has 2 N–H and O–H groups in total. The van der Waals surface area contributed by atoms with Crippen LogP contribution in [0.4, 0.5) is 5.00 Å². The normalized spacial score (nSPS) is 14.6. The molecule has 1 aromatic carbocycles. The second-order valence-corrected chi connectivity index (χ2v) is 13.7. The highest BCUT2D eigenvalue weighted by Gasteiger charge is 2.34. The molecule has 5 rings (SSSR count). The van der Waals surface area contributed by atoms with Crippen molar-refractivity contribution in [3.63, 3.8) is 0 Å². The van der Waals surface area contributed by atoms with Crippen LogP contribution in [0.3, 0.4) is 0 Å². The second-order valence-electron chi connectivity index (χ2n) is 11.7. The number of furan rings is 1. The van der Waals surface area contributed by atoms with Crippen molar-refractivity contribution in [2.75, 3.05) is 17.7 Å². The van der Waals surface area contributed by atoms with Crippen molar-refractivity contribution in [2.45, 2.75) is 65.2 Å². The van der Waals surface area contributed by atoms with Gasteiger partial charge in [0.05, 0.1) is 37.3 Å². The Bertz CT molecular complexity index is 1610. The SMILES string of the molecule is CCOC(=O)c1c(NC(=O)CSc2nnc(CNC(=O)c3ccco3)n2Cc2ccccc2)sc2c1CCC(C(C)(C)C)C2. The predicted octanol–water partition coefficient (Wildman–Crippen LogP) is 5.97. The largest absolute Gasteiger partial charge is 0.462 e. The van der Waals surface area contributed by atoms with E-state index in [1.54, 1.807) is 19.1 Å². The molecule has 0 aliphatic heterocycles. The number of rotatable bonds is 11. The van der Waals surface area contributed by atoms with Gasteiger partial charge < -0.3 is 24.4 Å². The zero-order valence-corrected chi connectivity index (χ0v) is 27.0. The number of nitrogens with one attached hydrogen (secondary N) is 2. The Kier molecular flexibility index (Phi) is 9.90. The number of anilines is 1. The Morgan fingerprint density at radius 1 is 1.14 bits per heavy atom. The van der Waals surface area contributed by atoms with Crippen LogP contribution in [0.2, 0.25) is 0 Å². The number of esters is 1. The zero-order valence-electron chi connectivity index (χ0n) is 25.3. The minimum Gasteiger partial charge on any atom is -0.462 e. The molecule has 0 radical (unpaired) electrons. The molecule has 0 saturated heterocycles. The molecule has 2 amide bonds. The number of thioether (sulfide) groups is 1. The van der Waals surface area contributed by atoms with Crippen molar-refractivity contribution in [3.05, 3.63) is 81.9 Å². The van der Waals surface area contributed by atoms with Crippen molar-refractivity contribution in [1.82, 2.24) is 20.1 Å². The van der Waals surface area contributed by atoms with E-state index in [1.165, 1.54) is 29.4 Å². The van der Waals surface area contributed by atoms with Crippen LogP contribution in [0.15, 0.2) is 58.3 Å². The molecule has 1 atom stereocenters. The maximum Gasteiger partial charge on any atom is 0.341 e. The second kappa shape index (κ2) is 13.8. The van der Waals surface area contributed by atoms with Crippen LogP contribution in [0.1, 0.15) is 76.9 Å². The van der Waals surface area contributed by atoms with Crippen LogP contribution in [0.5, 0.6) is 0 Å². The Labute approximate surface area is 265 Å². The first-order valence-corrected chi connectivity index (χ1v) is 16.5. The van der Waals surface area contributed by atoms with Crippen molar-refractivity contribution >= 4 is 45.9 Å². The Hall–Kier alpha value is -3.90. The minimum atomic E-state index is -0.397. The number of hydrogen-bond donors (Lipinski definition) is 2. The lowest BCUT2D eigenvalue weighted by molar-refractivity contribution is -0.113. The van der Waals surface area contributed by atoms with Gasteiger partial charge in [-0.25, -0.2) is 4.79 Å². The molecule has 3 aromatic heterocycles. The zero-order chi connectivity index (χ0) is 31.3. The fourth-order valence-electron chi connectivity index (χ4n) is 5.26. The molecular weight excluding hydrogens is 599 g/mol. The number of thiophene rings is 1. The Morgan fingerprint density at radius 2 is 1.93 bits per heavy atom. The summed E-state index contributed by atoms with van der Waals surface area (Å²) in [5.74, 6) is 0.289. The summed E-state index contributed by atoms with van der Waals surface area (Å²) in [6, 6.07) is 13.1. The third-order valence-corrected chi connectivity index (χ3v) is 9.82. The molecule has 44 heavy (non-hydrogen) atoms. The molecule has 1 aliphatic rings. The number of ether oxygens (including phenoxy) is 1. The van der Waals surface area contributed by atoms with Gasteiger partial charge in [0.2, 0.25) is 5.91 Å². The highest BCUT2D eigenvalue weighted by atomic mass is 32.2. The van der Waals surface area contributed by atoms with Gasteiger partial charge in [-0.3, -0.25) is 9.59 Å². The number of fused-ring (bicyclic) bond motifs is 1. The Morgan fingerprint density at radius 3 is 2.64 bits per heavy atom. The lowest BCUT2D eigenvalue weighted by atomic mass is 9.72. The number of hydrogen-bond acceptors (Lipinski definition) is 9. The molecule has 232 valence electrons. The molecule has 12 heteroatoms. The van der Waals surface area contributed by atoms with Gasteiger partial charge in [-0.05, 0) is 60.8 Å². The number of benzene rings is 1. The fourth-order valence-corrected chi connectivity index (χ4v) is 7.35.